The van der Waals surface area contributed by atoms with E-state index in [1.165, 1.54) is 0 Å². The number of hydrogen-bond donors (Lipinski definition) is 1. The number of hydrogen-bond acceptors (Lipinski definition) is 3. The maximum Gasteiger partial charge on any atom is 0.232 e. The predicted octanol–water partition coefficient (Wildman–Crippen LogP) is 1.66. The highest BCUT2D eigenvalue weighted by molar-refractivity contribution is 6.30. The Morgan fingerprint density at radius 1 is 1.63 bits per heavy atom. The fourth-order valence-corrected chi connectivity index (χ4v) is 2.54. The molecule has 0 radical (unpaired) electrons. The minimum atomic E-state index is -0.632. The molecule has 1 saturated heterocycles. The van der Waals surface area contributed by atoms with Crippen LogP contribution in [0.25, 0.3) is 0 Å². The van der Waals surface area contributed by atoms with Gasteiger partial charge < -0.3 is 15.4 Å². The van der Waals surface area contributed by atoms with E-state index in [1.807, 2.05) is 31.2 Å². The number of nitrogens with zero attached hydrogens (tertiary/aromatic N) is 1. The normalized spacial score (nSPS) is 26.4. The summed E-state index contributed by atoms with van der Waals surface area (Å²) < 4.78 is 5.32. The van der Waals surface area contributed by atoms with Crippen LogP contribution in [0.2, 0.25) is 5.02 Å². The third kappa shape index (κ3) is 2.91. The number of carbonyl (C=O) groups excluding carboxylic acids is 1. The molecule has 0 bridgehead atoms. The van der Waals surface area contributed by atoms with E-state index in [1.54, 1.807) is 11.9 Å². The number of benzene rings is 1. The summed E-state index contributed by atoms with van der Waals surface area (Å²) in [6, 6.07) is 7.25. The Morgan fingerprint density at radius 2 is 2.37 bits per heavy atom. The molecule has 5 heteroatoms. The van der Waals surface area contributed by atoms with E-state index < -0.39 is 5.41 Å². The van der Waals surface area contributed by atoms with E-state index in [9.17, 15) is 4.79 Å². The lowest BCUT2D eigenvalue weighted by Gasteiger charge is -2.30. The monoisotopic (exact) mass is 282 g/mol. The van der Waals surface area contributed by atoms with Gasteiger partial charge in [-0.3, -0.25) is 4.79 Å². The Bertz CT molecular complexity index is 480. The molecule has 104 valence electrons. The Hall–Kier alpha value is -1.10. The topological polar surface area (TPSA) is 55.6 Å². The van der Waals surface area contributed by atoms with Crippen LogP contribution in [0.3, 0.4) is 0 Å². The second kappa shape index (κ2) is 5.49. The molecule has 1 aliphatic rings. The van der Waals surface area contributed by atoms with Gasteiger partial charge in [-0.15, -0.1) is 0 Å². The number of rotatable bonds is 3. The minimum absolute atomic E-state index is 0.0116. The highest BCUT2D eigenvalue weighted by Gasteiger charge is 2.45. The number of ether oxygens (including phenoxy) is 1. The summed E-state index contributed by atoms with van der Waals surface area (Å²) in [5, 5.41) is 0.672. The first-order valence-electron chi connectivity index (χ1n) is 6.27. The lowest BCUT2D eigenvalue weighted by molar-refractivity contribution is -0.140. The molecule has 19 heavy (non-hydrogen) atoms. The maximum absolute atomic E-state index is 12.5. The van der Waals surface area contributed by atoms with Crippen molar-refractivity contribution in [2.45, 2.75) is 19.5 Å². The van der Waals surface area contributed by atoms with Crippen molar-refractivity contribution in [1.82, 2.24) is 4.90 Å². The minimum Gasteiger partial charge on any atom is -0.379 e. The zero-order valence-electron chi connectivity index (χ0n) is 11.2. The first-order chi connectivity index (χ1) is 8.93. The van der Waals surface area contributed by atoms with Crippen LogP contribution in [0.15, 0.2) is 24.3 Å². The zero-order valence-corrected chi connectivity index (χ0v) is 12.0. The first-order valence-corrected chi connectivity index (χ1v) is 6.64. The van der Waals surface area contributed by atoms with E-state index in [4.69, 9.17) is 22.1 Å². The lowest BCUT2D eigenvalue weighted by atomic mass is 9.84. The van der Waals surface area contributed by atoms with Gasteiger partial charge in [0, 0.05) is 24.7 Å². The van der Waals surface area contributed by atoms with Crippen molar-refractivity contribution in [3.63, 3.8) is 0 Å². The molecule has 0 saturated carbocycles. The van der Waals surface area contributed by atoms with E-state index in [0.29, 0.717) is 24.8 Å². The summed E-state index contributed by atoms with van der Waals surface area (Å²) in [7, 11) is 1.78. The molecule has 2 N–H and O–H groups in total. The molecule has 2 atom stereocenters. The summed E-state index contributed by atoms with van der Waals surface area (Å²) in [6.07, 6.45) is 0. The summed E-state index contributed by atoms with van der Waals surface area (Å²) >= 11 is 5.94. The van der Waals surface area contributed by atoms with E-state index in [0.717, 1.165) is 5.56 Å². The van der Waals surface area contributed by atoms with Gasteiger partial charge in [0.2, 0.25) is 5.91 Å². The molecule has 0 aliphatic carbocycles. The smallest absolute Gasteiger partial charge is 0.232 e. The number of amides is 1. The Balaban J connectivity index is 2.07. The molecule has 4 nitrogen and oxygen atoms in total. The van der Waals surface area contributed by atoms with Crippen LogP contribution in [0.1, 0.15) is 12.5 Å². The third-order valence-electron chi connectivity index (χ3n) is 3.66. The molecule has 1 aromatic carbocycles. The summed E-state index contributed by atoms with van der Waals surface area (Å²) in [6.45, 7) is 3.20. The van der Waals surface area contributed by atoms with Gasteiger partial charge in [0.1, 0.15) is 0 Å². The quantitative estimate of drug-likeness (QED) is 0.917. The van der Waals surface area contributed by atoms with Gasteiger partial charge >= 0.3 is 0 Å². The predicted molar refractivity (Wildman–Crippen MR) is 74.8 cm³/mol. The third-order valence-corrected chi connectivity index (χ3v) is 3.90. The second-order valence-corrected chi connectivity index (χ2v) is 5.77. The first kappa shape index (κ1) is 14.3. The second-order valence-electron chi connectivity index (χ2n) is 5.33. The summed E-state index contributed by atoms with van der Waals surface area (Å²) in [4.78, 5) is 14.2. The molecule has 1 heterocycles. The van der Waals surface area contributed by atoms with E-state index >= 15 is 0 Å². The van der Waals surface area contributed by atoms with Crippen molar-refractivity contribution < 1.29 is 9.53 Å². The van der Waals surface area contributed by atoms with Crippen LogP contribution in [0.4, 0.5) is 0 Å². The van der Waals surface area contributed by atoms with E-state index in [-0.39, 0.29) is 11.9 Å². The lowest BCUT2D eigenvalue weighted by Crippen LogP contribution is -2.50. The number of nitrogens with two attached hydrogens (primary N) is 1. The fraction of sp³-hybridized carbons (Fsp3) is 0.500. The molecule has 0 aromatic heterocycles. The molecule has 1 aliphatic heterocycles. The molecule has 0 spiro atoms. The van der Waals surface area contributed by atoms with Crippen molar-refractivity contribution in [3.05, 3.63) is 34.9 Å². The van der Waals surface area contributed by atoms with Gasteiger partial charge in [-0.05, 0) is 24.6 Å². The SMILES string of the molecule is CN(Cc1cccc(Cl)c1)C(=O)C1(C)COCC1N. The average Bonchev–Trinajstić information content (AvgIpc) is 2.70. The molecular formula is C14H19ClN2O2. The van der Waals surface area contributed by atoms with Gasteiger partial charge in [0.25, 0.3) is 0 Å². The van der Waals surface area contributed by atoms with Gasteiger partial charge in [-0.1, -0.05) is 23.7 Å². The van der Waals surface area contributed by atoms with Gasteiger partial charge in [0.05, 0.1) is 18.6 Å². The molecular weight excluding hydrogens is 264 g/mol. The van der Waals surface area contributed by atoms with Gasteiger partial charge in [0.15, 0.2) is 0 Å². The molecule has 2 unspecified atom stereocenters. The molecule has 1 amide bonds. The number of carbonyl (C=O) groups is 1. The Kier molecular flexibility index (Phi) is 4.13. The highest BCUT2D eigenvalue weighted by atomic mass is 35.5. The van der Waals surface area contributed by atoms with Crippen molar-refractivity contribution in [1.29, 1.82) is 0 Å². The van der Waals surface area contributed by atoms with Crippen molar-refractivity contribution in [2.75, 3.05) is 20.3 Å². The number of halogens is 1. The zero-order chi connectivity index (χ0) is 14.0. The molecule has 1 fully saturated rings. The largest absolute Gasteiger partial charge is 0.379 e. The van der Waals surface area contributed by atoms with Gasteiger partial charge in [-0.2, -0.15) is 0 Å². The Morgan fingerprint density at radius 3 is 2.95 bits per heavy atom. The van der Waals surface area contributed by atoms with Crippen molar-refractivity contribution >= 4 is 17.5 Å². The van der Waals surface area contributed by atoms with Crippen LogP contribution in [-0.4, -0.2) is 37.1 Å². The van der Waals surface area contributed by atoms with Crippen LogP contribution in [0, 0.1) is 5.41 Å². The van der Waals surface area contributed by atoms with Gasteiger partial charge in [-0.25, -0.2) is 0 Å². The van der Waals surface area contributed by atoms with E-state index in [2.05, 4.69) is 0 Å². The Labute approximate surface area is 118 Å². The maximum atomic E-state index is 12.5. The van der Waals surface area contributed by atoms with Crippen LogP contribution in [0.5, 0.6) is 0 Å². The van der Waals surface area contributed by atoms with Crippen LogP contribution in [-0.2, 0) is 16.1 Å². The summed E-state index contributed by atoms with van der Waals surface area (Å²) in [5.41, 5.74) is 6.34. The molecule has 1 aromatic rings. The standard InChI is InChI=1S/C14H19ClN2O2/c1-14(9-19-8-12(14)16)13(18)17(2)7-10-4-3-5-11(15)6-10/h3-6,12H,7-9,16H2,1-2H3. The van der Waals surface area contributed by atoms with Crippen molar-refractivity contribution in [3.8, 4) is 0 Å². The summed E-state index contributed by atoms with van der Waals surface area (Å²) in [5.74, 6) is 0.0116. The van der Waals surface area contributed by atoms with Crippen molar-refractivity contribution in [2.24, 2.45) is 11.1 Å². The highest BCUT2D eigenvalue weighted by Crippen LogP contribution is 2.29. The molecule has 2 rings (SSSR count). The average molecular weight is 283 g/mol. The van der Waals surface area contributed by atoms with Crippen LogP contribution >= 0.6 is 11.6 Å². The fourth-order valence-electron chi connectivity index (χ4n) is 2.33. The van der Waals surface area contributed by atoms with Crippen LogP contribution < -0.4 is 5.73 Å².